The Kier molecular flexibility index (Phi) is 3.88. The summed E-state index contributed by atoms with van der Waals surface area (Å²) in [6, 6.07) is 18.0. The number of carbonyl (C=O) groups excluding carboxylic acids is 1. The van der Waals surface area contributed by atoms with E-state index in [1.807, 2.05) is 60.4 Å². The molecule has 0 bridgehead atoms. The van der Waals surface area contributed by atoms with Gasteiger partial charge in [0.25, 0.3) is 0 Å². The van der Waals surface area contributed by atoms with Gasteiger partial charge < -0.3 is 9.32 Å². The van der Waals surface area contributed by atoms with Crippen molar-refractivity contribution in [2.45, 2.75) is 32.7 Å². The van der Waals surface area contributed by atoms with Crippen LogP contribution in [0.1, 0.15) is 23.9 Å². The van der Waals surface area contributed by atoms with Crippen LogP contribution in [-0.2, 0) is 17.6 Å². The van der Waals surface area contributed by atoms with Crippen LogP contribution in [0.5, 0.6) is 0 Å². The summed E-state index contributed by atoms with van der Waals surface area (Å²) < 4.78 is 5.90. The summed E-state index contributed by atoms with van der Waals surface area (Å²) in [7, 11) is 0. The van der Waals surface area contributed by atoms with Crippen molar-refractivity contribution < 1.29 is 9.21 Å². The highest BCUT2D eigenvalue weighted by Gasteiger charge is 2.31. The number of rotatable bonds is 3. The van der Waals surface area contributed by atoms with Crippen LogP contribution in [0.3, 0.4) is 0 Å². The van der Waals surface area contributed by atoms with E-state index in [-0.39, 0.29) is 18.4 Å². The third-order valence-corrected chi connectivity index (χ3v) is 4.70. The first-order chi connectivity index (χ1) is 12.1. The maximum atomic E-state index is 12.9. The number of aryl methyl sites for hydroxylation is 1. The Bertz CT molecular complexity index is 915. The molecule has 1 aromatic heterocycles. The Morgan fingerprint density at radius 2 is 1.88 bits per heavy atom. The van der Waals surface area contributed by atoms with Gasteiger partial charge in [-0.05, 0) is 44.0 Å². The number of para-hydroxylation sites is 1. The third kappa shape index (κ3) is 2.84. The van der Waals surface area contributed by atoms with E-state index in [1.165, 1.54) is 5.56 Å². The van der Waals surface area contributed by atoms with Crippen LogP contribution in [-0.4, -0.2) is 16.9 Å². The highest BCUT2D eigenvalue weighted by atomic mass is 16.4. The maximum Gasteiger partial charge on any atom is 0.234 e. The summed E-state index contributed by atoms with van der Waals surface area (Å²) in [5, 5.41) is 0. The van der Waals surface area contributed by atoms with Crippen molar-refractivity contribution in [1.82, 2.24) is 4.98 Å². The zero-order valence-corrected chi connectivity index (χ0v) is 14.4. The van der Waals surface area contributed by atoms with Gasteiger partial charge in [-0.3, -0.25) is 4.79 Å². The molecule has 4 nitrogen and oxygen atoms in total. The molecule has 0 saturated carbocycles. The minimum Gasteiger partial charge on any atom is -0.440 e. The van der Waals surface area contributed by atoms with E-state index in [0.29, 0.717) is 11.7 Å². The molecule has 2 heterocycles. The van der Waals surface area contributed by atoms with Crippen molar-refractivity contribution in [3.8, 4) is 11.5 Å². The SMILES string of the molecule is Cc1nc(-c2ccccc2)oc1CC(=O)N1c2ccccc2CC1C. The zero-order valence-electron chi connectivity index (χ0n) is 14.4. The quantitative estimate of drug-likeness (QED) is 0.723. The van der Waals surface area contributed by atoms with Crippen molar-refractivity contribution in [3.63, 3.8) is 0 Å². The van der Waals surface area contributed by atoms with Crippen LogP contribution in [0.4, 0.5) is 5.69 Å². The molecule has 2 aromatic carbocycles. The number of hydrogen-bond acceptors (Lipinski definition) is 3. The molecule has 1 aliphatic heterocycles. The van der Waals surface area contributed by atoms with Gasteiger partial charge >= 0.3 is 0 Å². The van der Waals surface area contributed by atoms with Crippen LogP contribution in [0.15, 0.2) is 59.0 Å². The number of benzene rings is 2. The lowest BCUT2D eigenvalue weighted by Crippen LogP contribution is -2.36. The molecule has 4 heteroatoms. The van der Waals surface area contributed by atoms with Crippen molar-refractivity contribution in [2.75, 3.05) is 4.90 Å². The van der Waals surface area contributed by atoms with Crippen LogP contribution in [0.2, 0.25) is 0 Å². The second kappa shape index (κ2) is 6.20. The smallest absolute Gasteiger partial charge is 0.234 e. The predicted octanol–water partition coefficient (Wildman–Crippen LogP) is 4.17. The molecule has 1 amide bonds. The van der Waals surface area contributed by atoms with Gasteiger partial charge in [0, 0.05) is 17.3 Å². The molecule has 0 radical (unpaired) electrons. The molecular weight excluding hydrogens is 312 g/mol. The van der Waals surface area contributed by atoms with Crippen LogP contribution in [0, 0.1) is 6.92 Å². The van der Waals surface area contributed by atoms with Gasteiger partial charge in [-0.15, -0.1) is 0 Å². The fourth-order valence-corrected chi connectivity index (χ4v) is 3.46. The summed E-state index contributed by atoms with van der Waals surface area (Å²) in [6.45, 7) is 3.97. The van der Waals surface area contributed by atoms with Crippen molar-refractivity contribution in [2.24, 2.45) is 0 Å². The maximum absolute atomic E-state index is 12.9. The molecule has 126 valence electrons. The highest BCUT2D eigenvalue weighted by Crippen LogP contribution is 2.32. The minimum atomic E-state index is 0.0521. The predicted molar refractivity (Wildman–Crippen MR) is 97.5 cm³/mol. The zero-order chi connectivity index (χ0) is 17.4. The Balaban J connectivity index is 1.59. The highest BCUT2D eigenvalue weighted by molar-refractivity contribution is 5.97. The first kappa shape index (κ1) is 15.6. The molecule has 0 N–H and O–H groups in total. The molecule has 0 fully saturated rings. The lowest BCUT2D eigenvalue weighted by molar-refractivity contribution is -0.118. The van der Waals surface area contributed by atoms with Crippen molar-refractivity contribution in [1.29, 1.82) is 0 Å². The van der Waals surface area contributed by atoms with Gasteiger partial charge in [0.2, 0.25) is 11.8 Å². The van der Waals surface area contributed by atoms with E-state index >= 15 is 0 Å². The first-order valence-corrected chi connectivity index (χ1v) is 8.55. The summed E-state index contributed by atoms with van der Waals surface area (Å²) >= 11 is 0. The number of aromatic nitrogens is 1. The van der Waals surface area contributed by atoms with E-state index in [4.69, 9.17) is 4.42 Å². The van der Waals surface area contributed by atoms with E-state index in [0.717, 1.165) is 23.4 Å². The normalized spacial score (nSPS) is 16.1. The molecule has 0 saturated heterocycles. The fourth-order valence-electron chi connectivity index (χ4n) is 3.46. The van der Waals surface area contributed by atoms with E-state index in [9.17, 15) is 4.79 Å². The van der Waals surface area contributed by atoms with Gasteiger partial charge in [-0.1, -0.05) is 36.4 Å². The first-order valence-electron chi connectivity index (χ1n) is 8.55. The number of amides is 1. The molecule has 3 aromatic rings. The van der Waals surface area contributed by atoms with Crippen molar-refractivity contribution >= 4 is 11.6 Å². The van der Waals surface area contributed by atoms with Crippen LogP contribution < -0.4 is 4.90 Å². The number of oxazole rings is 1. The van der Waals surface area contributed by atoms with Crippen LogP contribution >= 0.6 is 0 Å². The largest absolute Gasteiger partial charge is 0.440 e. The Hall–Kier alpha value is -2.88. The average Bonchev–Trinajstić information content (AvgIpc) is 3.15. The summed E-state index contributed by atoms with van der Waals surface area (Å²) in [6.07, 6.45) is 1.12. The van der Waals surface area contributed by atoms with E-state index < -0.39 is 0 Å². The Labute approximate surface area is 147 Å². The van der Waals surface area contributed by atoms with Crippen LogP contribution in [0.25, 0.3) is 11.5 Å². The van der Waals surface area contributed by atoms with E-state index in [2.05, 4.69) is 18.0 Å². The summed E-state index contributed by atoms with van der Waals surface area (Å²) in [5.74, 6) is 1.26. The molecular formula is C21H20N2O2. The molecule has 1 unspecified atom stereocenters. The third-order valence-electron chi connectivity index (χ3n) is 4.70. The number of nitrogens with zero attached hydrogens (tertiary/aromatic N) is 2. The standard InChI is InChI=1S/C21H20N2O2/c1-14-12-17-10-6-7-11-18(17)23(14)20(24)13-19-15(2)22-21(25-19)16-8-4-3-5-9-16/h3-11,14H,12-13H2,1-2H3. The Morgan fingerprint density at radius 3 is 2.68 bits per heavy atom. The Morgan fingerprint density at radius 1 is 1.16 bits per heavy atom. The second-order valence-corrected chi connectivity index (χ2v) is 6.52. The number of hydrogen-bond donors (Lipinski definition) is 0. The van der Waals surface area contributed by atoms with Crippen molar-refractivity contribution in [3.05, 3.63) is 71.6 Å². The topological polar surface area (TPSA) is 46.3 Å². The molecule has 25 heavy (non-hydrogen) atoms. The lowest BCUT2D eigenvalue weighted by atomic mass is 10.1. The van der Waals surface area contributed by atoms with Gasteiger partial charge in [-0.25, -0.2) is 4.98 Å². The minimum absolute atomic E-state index is 0.0521. The van der Waals surface area contributed by atoms with Gasteiger partial charge in [0.1, 0.15) is 5.76 Å². The average molecular weight is 332 g/mol. The monoisotopic (exact) mass is 332 g/mol. The fraction of sp³-hybridized carbons (Fsp3) is 0.238. The number of carbonyl (C=O) groups is 1. The van der Waals surface area contributed by atoms with Gasteiger partial charge in [0.15, 0.2) is 0 Å². The molecule has 4 rings (SSSR count). The summed E-state index contributed by atoms with van der Waals surface area (Å²) in [4.78, 5) is 19.3. The molecule has 1 atom stereocenters. The number of anilines is 1. The van der Waals surface area contributed by atoms with Gasteiger partial charge in [-0.2, -0.15) is 0 Å². The molecule has 1 aliphatic rings. The number of fused-ring (bicyclic) bond motifs is 1. The second-order valence-electron chi connectivity index (χ2n) is 6.52. The van der Waals surface area contributed by atoms with Gasteiger partial charge in [0.05, 0.1) is 12.1 Å². The lowest BCUT2D eigenvalue weighted by Gasteiger charge is -2.22. The molecule has 0 spiro atoms. The molecule has 0 aliphatic carbocycles. The summed E-state index contributed by atoms with van der Waals surface area (Å²) in [5.41, 5.74) is 3.93. The van der Waals surface area contributed by atoms with E-state index in [1.54, 1.807) is 0 Å².